The zero-order valence-corrected chi connectivity index (χ0v) is 11.4. The lowest BCUT2D eigenvalue weighted by Gasteiger charge is -2.06. The van der Waals surface area contributed by atoms with E-state index in [0.717, 1.165) is 17.7 Å². The van der Waals surface area contributed by atoms with Crippen molar-refractivity contribution >= 4 is 17.8 Å². The molecule has 4 heteroatoms. The minimum Gasteiger partial charge on any atom is -0.422 e. The fourth-order valence-electron chi connectivity index (χ4n) is 1.74. The van der Waals surface area contributed by atoms with Gasteiger partial charge in [0.05, 0.1) is 5.56 Å². The van der Waals surface area contributed by atoms with Crippen LogP contribution in [0.2, 0.25) is 0 Å². The highest BCUT2D eigenvalue weighted by Crippen LogP contribution is 2.21. The molecule has 0 aliphatic rings. The van der Waals surface area contributed by atoms with Gasteiger partial charge in [0.1, 0.15) is 11.6 Å². The fraction of sp³-hybridized carbons (Fsp3) is 0.0588. The molecule has 0 saturated carbocycles. The van der Waals surface area contributed by atoms with Crippen LogP contribution in [-0.2, 0) is 4.79 Å². The quantitative estimate of drug-likeness (QED) is 0.372. The van der Waals surface area contributed by atoms with Crippen molar-refractivity contribution in [2.75, 3.05) is 0 Å². The molecule has 2 aromatic rings. The average molecular weight is 284 g/mol. The summed E-state index contributed by atoms with van der Waals surface area (Å²) in [5, 5.41) is 0. The second-order valence-corrected chi connectivity index (χ2v) is 4.36. The minimum atomic E-state index is -0.674. The second-order valence-electron chi connectivity index (χ2n) is 4.36. The molecule has 0 spiro atoms. The maximum Gasteiger partial charge on any atom is 0.336 e. The number of hydrogen-bond acceptors (Lipinski definition) is 3. The van der Waals surface area contributed by atoms with Crippen molar-refractivity contribution in [2.45, 2.75) is 6.92 Å². The van der Waals surface area contributed by atoms with E-state index in [1.807, 2.05) is 30.3 Å². The Morgan fingerprint density at radius 1 is 1.10 bits per heavy atom. The van der Waals surface area contributed by atoms with E-state index in [0.29, 0.717) is 0 Å². The van der Waals surface area contributed by atoms with E-state index >= 15 is 0 Å². The smallest absolute Gasteiger partial charge is 0.336 e. The van der Waals surface area contributed by atoms with Crippen LogP contribution in [0, 0.1) is 5.82 Å². The van der Waals surface area contributed by atoms with E-state index in [1.165, 1.54) is 19.1 Å². The third-order valence-electron chi connectivity index (χ3n) is 2.74. The molecular formula is C17H13FO3. The van der Waals surface area contributed by atoms with Crippen LogP contribution in [0.1, 0.15) is 22.8 Å². The Kier molecular flexibility index (Phi) is 4.61. The van der Waals surface area contributed by atoms with Gasteiger partial charge in [-0.25, -0.2) is 9.18 Å². The molecular weight excluding hydrogens is 271 g/mol. The average Bonchev–Trinajstić information content (AvgIpc) is 2.46. The van der Waals surface area contributed by atoms with Crippen molar-refractivity contribution in [1.29, 1.82) is 0 Å². The number of Topliss-reactive ketones (excluding diaryl/α,β-unsaturated/α-hetero) is 1. The van der Waals surface area contributed by atoms with Crippen molar-refractivity contribution in [1.82, 2.24) is 0 Å². The van der Waals surface area contributed by atoms with Gasteiger partial charge >= 0.3 is 5.97 Å². The topological polar surface area (TPSA) is 43.4 Å². The molecule has 0 saturated heterocycles. The van der Waals surface area contributed by atoms with Gasteiger partial charge in [-0.05, 0) is 30.7 Å². The molecule has 0 N–H and O–H groups in total. The zero-order valence-electron chi connectivity index (χ0n) is 11.4. The van der Waals surface area contributed by atoms with Crippen LogP contribution in [0.25, 0.3) is 6.08 Å². The van der Waals surface area contributed by atoms with Gasteiger partial charge in [-0.2, -0.15) is 0 Å². The first kappa shape index (κ1) is 14.7. The maximum atomic E-state index is 13.2. The van der Waals surface area contributed by atoms with E-state index in [2.05, 4.69) is 0 Å². The first-order valence-corrected chi connectivity index (χ1v) is 6.31. The first-order chi connectivity index (χ1) is 10.1. The predicted octanol–water partition coefficient (Wildman–Crippen LogP) is 3.65. The molecule has 0 unspecified atom stereocenters. The number of ether oxygens (including phenoxy) is 1. The zero-order chi connectivity index (χ0) is 15.2. The van der Waals surface area contributed by atoms with Crippen LogP contribution in [0.15, 0.2) is 54.6 Å². The third kappa shape index (κ3) is 4.11. The molecule has 0 aliphatic heterocycles. The van der Waals surface area contributed by atoms with E-state index in [4.69, 9.17) is 4.74 Å². The molecule has 0 aromatic heterocycles. The Balaban J connectivity index is 2.15. The van der Waals surface area contributed by atoms with Crippen LogP contribution in [0.3, 0.4) is 0 Å². The lowest BCUT2D eigenvalue weighted by molar-refractivity contribution is -0.128. The molecule has 0 amide bonds. The Bertz CT molecular complexity index is 690. The summed E-state index contributed by atoms with van der Waals surface area (Å²) >= 11 is 0. The molecule has 3 nitrogen and oxygen atoms in total. The van der Waals surface area contributed by atoms with E-state index in [-0.39, 0.29) is 17.1 Å². The highest BCUT2D eigenvalue weighted by Gasteiger charge is 2.12. The number of esters is 1. The van der Waals surface area contributed by atoms with Gasteiger partial charge < -0.3 is 4.74 Å². The van der Waals surface area contributed by atoms with E-state index in [1.54, 1.807) is 6.08 Å². The van der Waals surface area contributed by atoms with Gasteiger partial charge in [0, 0.05) is 12.1 Å². The number of rotatable bonds is 4. The Hall–Kier alpha value is -2.75. The summed E-state index contributed by atoms with van der Waals surface area (Å²) in [4.78, 5) is 23.1. The molecule has 2 rings (SSSR count). The first-order valence-electron chi connectivity index (χ1n) is 6.31. The summed E-state index contributed by atoms with van der Waals surface area (Å²) in [5.41, 5.74) is 0.998. The Morgan fingerprint density at radius 2 is 1.81 bits per heavy atom. The van der Waals surface area contributed by atoms with Gasteiger partial charge in [-0.1, -0.05) is 30.3 Å². The molecule has 0 aliphatic carbocycles. The molecule has 21 heavy (non-hydrogen) atoms. The van der Waals surface area contributed by atoms with E-state index < -0.39 is 11.8 Å². The fourth-order valence-corrected chi connectivity index (χ4v) is 1.74. The van der Waals surface area contributed by atoms with Crippen LogP contribution in [-0.4, -0.2) is 11.8 Å². The lowest BCUT2D eigenvalue weighted by atomic mass is 10.1. The van der Waals surface area contributed by atoms with Crippen LogP contribution in [0.4, 0.5) is 4.39 Å². The number of carbonyl (C=O) groups excluding carboxylic acids is 2. The molecule has 0 radical (unpaired) electrons. The van der Waals surface area contributed by atoms with Crippen molar-refractivity contribution in [3.63, 3.8) is 0 Å². The summed E-state index contributed by atoms with van der Waals surface area (Å²) in [6.07, 6.45) is 2.80. The number of halogens is 1. The van der Waals surface area contributed by atoms with Crippen molar-refractivity contribution in [3.8, 4) is 5.75 Å². The molecule has 106 valence electrons. The highest BCUT2D eigenvalue weighted by atomic mass is 19.1. The monoisotopic (exact) mass is 284 g/mol. The number of hydrogen-bond donors (Lipinski definition) is 0. The van der Waals surface area contributed by atoms with Crippen LogP contribution < -0.4 is 4.74 Å². The van der Waals surface area contributed by atoms with Gasteiger partial charge in [0.2, 0.25) is 0 Å². The highest BCUT2D eigenvalue weighted by molar-refractivity contribution is 5.98. The standard InChI is InChI=1S/C17H13FO3/c1-12(19)15-9-8-14(18)11-16(15)21-17(20)10-7-13-5-3-2-4-6-13/h2-11H,1H3/b10-7+. The third-order valence-corrected chi connectivity index (χ3v) is 2.74. The van der Waals surface area contributed by atoms with Gasteiger partial charge in [-0.3, -0.25) is 4.79 Å². The molecule has 0 atom stereocenters. The van der Waals surface area contributed by atoms with Gasteiger partial charge in [0.25, 0.3) is 0 Å². The minimum absolute atomic E-state index is 0.0785. The Labute approximate surface area is 121 Å². The van der Waals surface area contributed by atoms with E-state index in [9.17, 15) is 14.0 Å². The number of benzene rings is 2. The predicted molar refractivity (Wildman–Crippen MR) is 77.5 cm³/mol. The largest absolute Gasteiger partial charge is 0.422 e. The molecule has 0 fully saturated rings. The maximum absolute atomic E-state index is 13.2. The van der Waals surface area contributed by atoms with Crippen LogP contribution >= 0.6 is 0 Å². The molecule has 0 bridgehead atoms. The molecule has 0 heterocycles. The summed E-state index contributed by atoms with van der Waals surface area (Å²) in [5.74, 6) is -1.63. The summed E-state index contributed by atoms with van der Waals surface area (Å²) in [6, 6.07) is 12.7. The van der Waals surface area contributed by atoms with Crippen LogP contribution in [0.5, 0.6) is 5.75 Å². The lowest BCUT2D eigenvalue weighted by Crippen LogP contribution is -2.08. The van der Waals surface area contributed by atoms with Crippen molar-refractivity contribution in [2.24, 2.45) is 0 Å². The summed E-state index contributed by atoms with van der Waals surface area (Å²) < 4.78 is 18.2. The summed E-state index contributed by atoms with van der Waals surface area (Å²) in [7, 11) is 0. The molecule has 2 aromatic carbocycles. The van der Waals surface area contributed by atoms with Crippen molar-refractivity contribution in [3.05, 3.63) is 71.6 Å². The number of carbonyl (C=O) groups is 2. The number of ketones is 1. The van der Waals surface area contributed by atoms with Gasteiger partial charge in [-0.15, -0.1) is 0 Å². The summed E-state index contributed by atoms with van der Waals surface area (Å²) in [6.45, 7) is 1.32. The second kappa shape index (κ2) is 6.61. The SMILES string of the molecule is CC(=O)c1ccc(F)cc1OC(=O)/C=C/c1ccccc1. The van der Waals surface area contributed by atoms with Gasteiger partial charge in [0.15, 0.2) is 5.78 Å². The Morgan fingerprint density at radius 3 is 2.48 bits per heavy atom. The van der Waals surface area contributed by atoms with Crippen molar-refractivity contribution < 1.29 is 18.7 Å². The normalized spacial score (nSPS) is 10.6.